The first-order valence-corrected chi connectivity index (χ1v) is 9.58. The maximum absolute atomic E-state index is 10.6. The molecule has 0 radical (unpaired) electrons. The van der Waals surface area contributed by atoms with E-state index in [1.54, 1.807) is 0 Å². The lowest BCUT2D eigenvalue weighted by Gasteiger charge is -2.28. The van der Waals surface area contributed by atoms with Crippen LogP contribution in [-0.2, 0) is 6.42 Å². The number of rotatable bonds is 4. The quantitative estimate of drug-likeness (QED) is 0.453. The van der Waals surface area contributed by atoms with Crippen molar-refractivity contribution in [1.82, 2.24) is 0 Å². The number of hydrogen-bond donors (Lipinski definition) is 6. The Balaban J connectivity index is 2.52. The molecular weight excluding hydrogens is 372 g/mol. The van der Waals surface area contributed by atoms with Gasteiger partial charge in [-0.25, -0.2) is 0 Å². The number of benzene rings is 2. The summed E-state index contributed by atoms with van der Waals surface area (Å²) in [6.07, 6.45) is -1.85. The molecule has 0 heterocycles. The average molecular weight is 405 g/mol. The van der Waals surface area contributed by atoms with Crippen molar-refractivity contribution in [1.29, 1.82) is 0 Å². The zero-order valence-electron chi connectivity index (χ0n) is 17.9. The Bertz CT molecular complexity index is 816. The van der Waals surface area contributed by atoms with Crippen molar-refractivity contribution in [3.63, 3.8) is 0 Å². The average Bonchev–Trinajstić information content (AvgIpc) is 2.56. The minimum atomic E-state index is -0.964. The minimum Gasteiger partial charge on any atom is -0.508 e. The molecule has 6 nitrogen and oxygen atoms in total. The summed E-state index contributed by atoms with van der Waals surface area (Å²) in [7, 11) is 0. The van der Waals surface area contributed by atoms with E-state index in [0.717, 1.165) is 0 Å². The van der Waals surface area contributed by atoms with Crippen molar-refractivity contribution >= 4 is 0 Å². The lowest BCUT2D eigenvalue weighted by Crippen LogP contribution is -2.18. The fourth-order valence-electron chi connectivity index (χ4n) is 3.14. The molecule has 0 aliphatic carbocycles. The van der Waals surface area contributed by atoms with Gasteiger partial charge in [-0.05, 0) is 34.1 Å². The largest absolute Gasteiger partial charge is 0.508 e. The van der Waals surface area contributed by atoms with Crippen LogP contribution in [-0.4, -0.2) is 30.6 Å². The first-order chi connectivity index (χ1) is 13.1. The van der Waals surface area contributed by atoms with E-state index in [0.29, 0.717) is 11.1 Å². The molecule has 0 saturated carbocycles. The van der Waals surface area contributed by atoms with E-state index in [2.05, 4.69) is 0 Å². The van der Waals surface area contributed by atoms with Crippen LogP contribution in [0.15, 0.2) is 24.3 Å². The lowest BCUT2D eigenvalue weighted by molar-refractivity contribution is 0.0603. The fourth-order valence-corrected chi connectivity index (χ4v) is 3.14. The summed E-state index contributed by atoms with van der Waals surface area (Å²) in [6, 6.07) is 5.35. The van der Waals surface area contributed by atoms with Crippen LogP contribution in [0.2, 0.25) is 0 Å². The topological polar surface area (TPSA) is 121 Å². The third-order valence-corrected chi connectivity index (χ3v) is 5.07. The number of aromatic hydroxyl groups is 4. The molecule has 6 N–H and O–H groups in total. The Morgan fingerprint density at radius 1 is 0.586 bits per heavy atom. The van der Waals surface area contributed by atoms with Crippen LogP contribution in [0, 0.1) is 10.8 Å². The van der Waals surface area contributed by atoms with Gasteiger partial charge in [0.15, 0.2) is 0 Å². The Labute approximate surface area is 171 Å². The molecule has 0 amide bonds. The molecule has 0 fully saturated rings. The van der Waals surface area contributed by atoms with Crippen molar-refractivity contribution in [2.24, 2.45) is 10.8 Å². The van der Waals surface area contributed by atoms with E-state index < -0.39 is 23.0 Å². The van der Waals surface area contributed by atoms with Gasteiger partial charge in [-0.15, -0.1) is 0 Å². The summed E-state index contributed by atoms with van der Waals surface area (Å²) >= 11 is 0. The van der Waals surface area contributed by atoms with Gasteiger partial charge in [-0.3, -0.25) is 0 Å². The maximum atomic E-state index is 10.6. The Kier molecular flexibility index (Phi) is 6.12. The molecule has 2 rings (SSSR count). The Hall–Kier alpha value is -2.44. The molecule has 0 aliphatic heterocycles. The van der Waals surface area contributed by atoms with E-state index in [1.165, 1.54) is 24.3 Å². The van der Waals surface area contributed by atoms with Crippen LogP contribution >= 0.6 is 0 Å². The molecule has 6 heteroatoms. The molecule has 160 valence electrons. The minimum absolute atomic E-state index is 0.0753. The number of hydrogen-bond acceptors (Lipinski definition) is 6. The molecule has 0 aromatic heterocycles. The lowest BCUT2D eigenvalue weighted by atomic mass is 9.82. The van der Waals surface area contributed by atoms with Gasteiger partial charge in [0, 0.05) is 29.7 Å². The van der Waals surface area contributed by atoms with Gasteiger partial charge in [-0.1, -0.05) is 41.5 Å². The molecule has 2 atom stereocenters. The molecule has 2 aromatic rings. The highest BCUT2D eigenvalue weighted by molar-refractivity contribution is 5.52. The normalized spacial score (nSPS) is 14.6. The second kappa shape index (κ2) is 7.76. The summed E-state index contributed by atoms with van der Waals surface area (Å²) < 4.78 is 0. The monoisotopic (exact) mass is 404 g/mol. The highest BCUT2D eigenvalue weighted by Gasteiger charge is 2.29. The van der Waals surface area contributed by atoms with Crippen LogP contribution in [0.3, 0.4) is 0 Å². The molecule has 0 saturated heterocycles. The number of aliphatic hydroxyl groups is 2. The number of phenolic OH excluding ortho intramolecular Hbond substituents is 4. The van der Waals surface area contributed by atoms with E-state index in [-0.39, 0.29) is 40.5 Å². The summed E-state index contributed by atoms with van der Waals surface area (Å²) in [5.74, 6) is -0.796. The van der Waals surface area contributed by atoms with E-state index in [9.17, 15) is 30.6 Å². The molecular formula is C23H32O6. The van der Waals surface area contributed by atoms with Crippen LogP contribution < -0.4 is 0 Å². The Morgan fingerprint density at radius 2 is 0.897 bits per heavy atom. The van der Waals surface area contributed by atoms with Crippen LogP contribution in [0.1, 0.15) is 76.0 Å². The van der Waals surface area contributed by atoms with Gasteiger partial charge < -0.3 is 30.6 Å². The molecule has 2 unspecified atom stereocenters. The predicted octanol–water partition coefficient (Wildman–Crippen LogP) is 4.26. The van der Waals surface area contributed by atoms with Gasteiger partial charge >= 0.3 is 0 Å². The Morgan fingerprint density at radius 3 is 1.17 bits per heavy atom. The van der Waals surface area contributed by atoms with Gasteiger partial charge in [0.2, 0.25) is 0 Å². The van der Waals surface area contributed by atoms with E-state index >= 15 is 0 Å². The zero-order chi connectivity index (χ0) is 22.3. The second-order valence-electron chi connectivity index (χ2n) is 9.79. The molecule has 0 aliphatic rings. The second-order valence-corrected chi connectivity index (χ2v) is 9.79. The maximum Gasteiger partial charge on any atom is 0.125 e. The number of aliphatic hydroxyl groups excluding tert-OH is 2. The van der Waals surface area contributed by atoms with Crippen molar-refractivity contribution < 1.29 is 30.6 Å². The zero-order valence-corrected chi connectivity index (χ0v) is 17.9. The first kappa shape index (κ1) is 22.8. The van der Waals surface area contributed by atoms with Crippen molar-refractivity contribution in [3.8, 4) is 23.0 Å². The van der Waals surface area contributed by atoms with Crippen molar-refractivity contribution in [2.45, 2.75) is 60.2 Å². The molecule has 29 heavy (non-hydrogen) atoms. The van der Waals surface area contributed by atoms with Crippen molar-refractivity contribution in [2.75, 3.05) is 0 Å². The molecule has 0 spiro atoms. The van der Waals surface area contributed by atoms with Gasteiger partial charge in [0.1, 0.15) is 23.0 Å². The van der Waals surface area contributed by atoms with E-state index in [1.807, 2.05) is 41.5 Å². The highest BCUT2D eigenvalue weighted by Crippen LogP contribution is 2.42. The summed E-state index contributed by atoms with van der Waals surface area (Å²) in [6.45, 7) is 11.0. The SMILES string of the molecule is CC(C)(C)C(O)c1cc(Cc2cc(C(O)C(C)(C)C)c(O)cc2O)c(O)cc1O. The summed E-state index contributed by atoms with van der Waals surface area (Å²) in [4.78, 5) is 0. The third kappa shape index (κ3) is 4.95. The smallest absolute Gasteiger partial charge is 0.125 e. The van der Waals surface area contributed by atoms with Crippen LogP contribution in [0.4, 0.5) is 0 Å². The summed E-state index contributed by atoms with van der Waals surface area (Å²) in [5.41, 5.74) is 0.265. The van der Waals surface area contributed by atoms with Crippen LogP contribution in [0.25, 0.3) is 0 Å². The number of phenols is 4. The highest BCUT2D eigenvalue weighted by atomic mass is 16.3. The summed E-state index contributed by atoms with van der Waals surface area (Å²) in [5, 5.41) is 62.1. The van der Waals surface area contributed by atoms with Gasteiger partial charge in [-0.2, -0.15) is 0 Å². The van der Waals surface area contributed by atoms with Crippen molar-refractivity contribution in [3.05, 3.63) is 46.5 Å². The molecule has 2 aromatic carbocycles. The predicted molar refractivity (Wildman–Crippen MR) is 111 cm³/mol. The first-order valence-electron chi connectivity index (χ1n) is 9.58. The van der Waals surface area contributed by atoms with Gasteiger partial charge in [0.25, 0.3) is 0 Å². The van der Waals surface area contributed by atoms with Crippen LogP contribution in [0.5, 0.6) is 23.0 Å². The van der Waals surface area contributed by atoms with E-state index in [4.69, 9.17) is 0 Å². The fraction of sp³-hybridized carbons (Fsp3) is 0.478. The van der Waals surface area contributed by atoms with Gasteiger partial charge in [0.05, 0.1) is 12.2 Å². The third-order valence-electron chi connectivity index (χ3n) is 5.07. The standard InChI is InChI=1S/C23H32O6/c1-22(2,3)20(28)14-8-12(16(24)10-18(14)26)7-13-9-15(19(27)11-17(13)25)21(29)23(4,5)6/h8-11,20-21,24-29H,7H2,1-6H3. The molecule has 0 bridgehead atoms.